The van der Waals surface area contributed by atoms with E-state index < -0.39 is 0 Å². The largest absolute Gasteiger partial charge is 0.486 e. The molecule has 1 amide bonds. The van der Waals surface area contributed by atoms with Gasteiger partial charge in [-0.1, -0.05) is 11.6 Å². The quantitative estimate of drug-likeness (QED) is 0.422. The monoisotopic (exact) mass is 456 g/mol. The van der Waals surface area contributed by atoms with E-state index in [2.05, 4.69) is 10.4 Å². The van der Waals surface area contributed by atoms with Gasteiger partial charge in [-0.2, -0.15) is 5.10 Å². The van der Waals surface area contributed by atoms with Crippen LogP contribution >= 0.6 is 23.8 Å². The fourth-order valence-corrected chi connectivity index (χ4v) is 3.49. The molecule has 1 aromatic carbocycles. The fourth-order valence-electron chi connectivity index (χ4n) is 3.11. The summed E-state index contributed by atoms with van der Waals surface area (Å²) >= 11 is 11.4. The second-order valence-electron chi connectivity index (χ2n) is 7.09. The average molecular weight is 457 g/mol. The number of carbonyl (C=O) groups excluding carboxylic acids is 1. The van der Waals surface area contributed by atoms with Crippen LogP contribution in [0.15, 0.2) is 52.8 Å². The highest BCUT2D eigenvalue weighted by molar-refractivity contribution is 7.80. The maximum absolute atomic E-state index is 12.8. The molecule has 31 heavy (non-hydrogen) atoms. The van der Waals surface area contributed by atoms with Gasteiger partial charge >= 0.3 is 0 Å². The number of nitrogens with zero attached hydrogens (tertiary/aromatic N) is 3. The molecule has 0 saturated carbocycles. The molecule has 0 aliphatic carbocycles. The summed E-state index contributed by atoms with van der Waals surface area (Å²) in [6, 6.07) is 9.06. The van der Waals surface area contributed by atoms with E-state index in [-0.39, 0.29) is 12.5 Å². The molecular weight excluding hydrogens is 436 g/mol. The zero-order valence-electron chi connectivity index (χ0n) is 17.1. The highest BCUT2D eigenvalue weighted by Crippen LogP contribution is 2.23. The summed E-state index contributed by atoms with van der Waals surface area (Å²) in [5, 5.41) is 8.24. The van der Waals surface area contributed by atoms with Crippen molar-refractivity contribution in [3.63, 3.8) is 0 Å². The Morgan fingerprint density at radius 2 is 2.16 bits per heavy atom. The molecule has 0 unspecified atom stereocenters. The van der Waals surface area contributed by atoms with E-state index in [1.807, 2.05) is 38.2 Å². The number of nitrogens with one attached hydrogen (secondary N) is 1. The Hall–Kier alpha value is -3.10. The number of amides is 1. The molecule has 0 radical (unpaired) electrons. The first-order valence-electron chi connectivity index (χ1n) is 9.76. The first-order valence-corrected chi connectivity index (χ1v) is 10.5. The van der Waals surface area contributed by atoms with Crippen molar-refractivity contribution in [1.82, 2.24) is 20.0 Å². The number of furan rings is 1. The lowest BCUT2D eigenvalue weighted by Crippen LogP contribution is -2.29. The van der Waals surface area contributed by atoms with Gasteiger partial charge in [0, 0.05) is 29.4 Å². The van der Waals surface area contributed by atoms with Gasteiger partial charge in [0.2, 0.25) is 0 Å². The van der Waals surface area contributed by atoms with Crippen LogP contribution in [-0.4, -0.2) is 25.7 Å². The van der Waals surface area contributed by atoms with Crippen LogP contribution in [0, 0.1) is 6.92 Å². The van der Waals surface area contributed by atoms with E-state index in [4.69, 9.17) is 33.0 Å². The number of ether oxygens (including phenoxy) is 1. The van der Waals surface area contributed by atoms with Crippen LogP contribution in [0.2, 0.25) is 5.02 Å². The predicted molar refractivity (Wildman–Crippen MR) is 121 cm³/mol. The van der Waals surface area contributed by atoms with Crippen molar-refractivity contribution >= 4 is 40.9 Å². The number of thiocarbonyl (C=S) groups is 1. The van der Waals surface area contributed by atoms with Crippen LogP contribution in [0.25, 0.3) is 6.08 Å². The zero-order valence-corrected chi connectivity index (χ0v) is 18.7. The Balaban J connectivity index is 1.40. The maximum atomic E-state index is 12.8. The molecule has 4 rings (SSSR count). The van der Waals surface area contributed by atoms with Gasteiger partial charge in [0.25, 0.3) is 5.91 Å². The Labute approximate surface area is 190 Å². The van der Waals surface area contributed by atoms with Crippen molar-refractivity contribution in [3.05, 3.63) is 76.1 Å². The van der Waals surface area contributed by atoms with Crippen LogP contribution in [0.5, 0.6) is 5.75 Å². The number of carbonyl (C=O) groups is 1. The predicted octanol–water partition coefficient (Wildman–Crippen LogP) is 4.29. The fraction of sp³-hybridized carbons (Fsp3) is 0.227. The van der Waals surface area contributed by atoms with Crippen molar-refractivity contribution in [3.8, 4) is 5.75 Å². The van der Waals surface area contributed by atoms with Crippen molar-refractivity contribution in [2.45, 2.75) is 33.5 Å². The van der Waals surface area contributed by atoms with E-state index in [9.17, 15) is 4.79 Å². The molecule has 7 nitrogen and oxygen atoms in total. The molecular formula is C22H21ClN4O3S. The van der Waals surface area contributed by atoms with Crippen molar-refractivity contribution in [2.75, 3.05) is 0 Å². The van der Waals surface area contributed by atoms with Gasteiger partial charge in [-0.05, 0) is 62.0 Å². The lowest BCUT2D eigenvalue weighted by Gasteiger charge is -2.12. The molecule has 160 valence electrons. The molecule has 1 aliphatic heterocycles. The lowest BCUT2D eigenvalue weighted by atomic mass is 10.2. The first kappa shape index (κ1) is 21.1. The van der Waals surface area contributed by atoms with Gasteiger partial charge in [-0.15, -0.1) is 0 Å². The van der Waals surface area contributed by atoms with Crippen molar-refractivity contribution < 1.29 is 13.9 Å². The third kappa shape index (κ3) is 4.81. The summed E-state index contributed by atoms with van der Waals surface area (Å²) in [6.45, 7) is 5.31. The summed E-state index contributed by atoms with van der Waals surface area (Å²) in [6.07, 6.45) is 5.28. The van der Waals surface area contributed by atoms with E-state index >= 15 is 0 Å². The molecule has 3 heterocycles. The highest BCUT2D eigenvalue weighted by atomic mass is 35.5. The second kappa shape index (κ2) is 8.95. The number of rotatable bonds is 7. The third-order valence-corrected chi connectivity index (χ3v) is 5.54. The van der Waals surface area contributed by atoms with Crippen molar-refractivity contribution in [1.29, 1.82) is 0 Å². The highest BCUT2D eigenvalue weighted by Gasteiger charge is 2.31. The standard InChI is InChI=1S/C22H21ClN4O3S/c1-3-26-11-15(10-24-26)12-27-21(28)20(25-22(27)31)9-17-4-5-18(30-17)13-29-16-6-7-19(23)14(2)8-16/h4-11H,3,12-13H2,1-2H3,(H,25,31)/b20-9+. The SMILES string of the molecule is CCn1cc(CN2C(=O)/C(=C\c3ccc(COc4ccc(Cl)c(C)c4)o3)NC2=S)cn1. The maximum Gasteiger partial charge on any atom is 0.276 e. The third-order valence-electron chi connectivity index (χ3n) is 4.79. The minimum Gasteiger partial charge on any atom is -0.486 e. The molecule has 9 heteroatoms. The van der Waals surface area contributed by atoms with E-state index in [1.165, 1.54) is 4.90 Å². The van der Waals surface area contributed by atoms with Gasteiger partial charge in [-0.3, -0.25) is 14.4 Å². The molecule has 0 bridgehead atoms. The Kier molecular flexibility index (Phi) is 6.11. The number of halogens is 1. The summed E-state index contributed by atoms with van der Waals surface area (Å²) in [5.74, 6) is 1.67. The van der Waals surface area contributed by atoms with Crippen LogP contribution in [0.4, 0.5) is 0 Å². The summed E-state index contributed by atoms with van der Waals surface area (Å²) < 4.78 is 13.3. The molecule has 1 fully saturated rings. The smallest absolute Gasteiger partial charge is 0.276 e. The molecule has 0 spiro atoms. The Morgan fingerprint density at radius 1 is 1.32 bits per heavy atom. The van der Waals surface area contributed by atoms with E-state index in [0.717, 1.165) is 17.7 Å². The van der Waals surface area contributed by atoms with Gasteiger partial charge in [-0.25, -0.2) is 0 Å². The number of hydrogen-bond donors (Lipinski definition) is 1. The van der Waals surface area contributed by atoms with Crippen LogP contribution < -0.4 is 10.1 Å². The Bertz CT molecular complexity index is 1170. The molecule has 1 saturated heterocycles. The first-order chi connectivity index (χ1) is 14.9. The minimum absolute atomic E-state index is 0.208. The molecule has 1 aliphatic rings. The summed E-state index contributed by atoms with van der Waals surface area (Å²) in [5.41, 5.74) is 2.22. The minimum atomic E-state index is -0.208. The topological polar surface area (TPSA) is 72.5 Å². The van der Waals surface area contributed by atoms with Gasteiger partial charge in [0.05, 0.1) is 12.7 Å². The van der Waals surface area contributed by atoms with Crippen molar-refractivity contribution in [2.24, 2.45) is 0 Å². The zero-order chi connectivity index (χ0) is 22.0. The van der Waals surface area contributed by atoms with E-state index in [1.54, 1.807) is 29.1 Å². The number of aryl methyl sites for hydroxylation is 2. The second-order valence-corrected chi connectivity index (χ2v) is 7.88. The molecule has 2 aromatic heterocycles. The van der Waals surface area contributed by atoms with Gasteiger partial charge in [0.1, 0.15) is 29.6 Å². The summed E-state index contributed by atoms with van der Waals surface area (Å²) in [7, 11) is 0. The van der Waals surface area contributed by atoms with Crippen LogP contribution in [-0.2, 0) is 24.5 Å². The number of aromatic nitrogens is 2. The van der Waals surface area contributed by atoms with Gasteiger partial charge < -0.3 is 14.5 Å². The lowest BCUT2D eigenvalue weighted by molar-refractivity contribution is -0.122. The average Bonchev–Trinajstić information content (AvgIpc) is 3.46. The normalized spacial score (nSPS) is 15.1. The van der Waals surface area contributed by atoms with Crippen LogP contribution in [0.1, 0.15) is 29.6 Å². The number of hydrogen-bond acceptors (Lipinski definition) is 5. The molecule has 0 atom stereocenters. The summed E-state index contributed by atoms with van der Waals surface area (Å²) in [4.78, 5) is 14.3. The number of benzene rings is 1. The Morgan fingerprint density at radius 3 is 2.90 bits per heavy atom. The van der Waals surface area contributed by atoms with Crippen LogP contribution in [0.3, 0.4) is 0 Å². The molecule has 1 N–H and O–H groups in total. The molecule has 3 aromatic rings. The van der Waals surface area contributed by atoms with E-state index in [0.29, 0.717) is 39.6 Å². The van der Waals surface area contributed by atoms with Gasteiger partial charge in [0.15, 0.2) is 5.11 Å².